The SMILES string of the molecule is Nc1ncc(CCc2ccncc2)o1. The van der Waals surface area contributed by atoms with Crippen molar-refractivity contribution in [3.63, 3.8) is 0 Å². The van der Waals surface area contributed by atoms with E-state index in [1.165, 1.54) is 5.56 Å². The molecule has 72 valence electrons. The number of aromatic nitrogens is 2. The van der Waals surface area contributed by atoms with Gasteiger partial charge in [-0.15, -0.1) is 0 Å². The molecule has 0 unspecified atom stereocenters. The highest BCUT2D eigenvalue weighted by atomic mass is 16.4. The van der Waals surface area contributed by atoms with Gasteiger partial charge in [-0.3, -0.25) is 4.98 Å². The van der Waals surface area contributed by atoms with Crippen LogP contribution in [0.3, 0.4) is 0 Å². The quantitative estimate of drug-likeness (QED) is 0.793. The number of oxazole rings is 1. The van der Waals surface area contributed by atoms with Crippen LogP contribution in [0.4, 0.5) is 6.01 Å². The van der Waals surface area contributed by atoms with Crippen LogP contribution in [0, 0.1) is 0 Å². The van der Waals surface area contributed by atoms with Crippen molar-refractivity contribution in [3.8, 4) is 0 Å². The second-order valence-corrected chi connectivity index (χ2v) is 3.02. The first-order valence-corrected chi connectivity index (χ1v) is 4.43. The van der Waals surface area contributed by atoms with Gasteiger partial charge in [-0.2, -0.15) is 0 Å². The summed E-state index contributed by atoms with van der Waals surface area (Å²) in [6.45, 7) is 0. The maximum Gasteiger partial charge on any atom is 0.292 e. The second-order valence-electron chi connectivity index (χ2n) is 3.02. The minimum Gasteiger partial charge on any atom is -0.429 e. The summed E-state index contributed by atoms with van der Waals surface area (Å²) in [4.78, 5) is 7.78. The monoisotopic (exact) mass is 189 g/mol. The molecule has 14 heavy (non-hydrogen) atoms. The summed E-state index contributed by atoms with van der Waals surface area (Å²) >= 11 is 0. The Bertz CT molecular complexity index is 397. The second kappa shape index (κ2) is 3.91. The summed E-state index contributed by atoms with van der Waals surface area (Å²) in [5.41, 5.74) is 6.59. The van der Waals surface area contributed by atoms with Crippen LogP contribution in [0.5, 0.6) is 0 Å². The fraction of sp³-hybridized carbons (Fsp3) is 0.200. The molecule has 0 saturated heterocycles. The molecule has 4 heteroatoms. The molecule has 0 spiro atoms. The van der Waals surface area contributed by atoms with Crippen LogP contribution in [-0.2, 0) is 12.8 Å². The molecule has 2 N–H and O–H groups in total. The fourth-order valence-corrected chi connectivity index (χ4v) is 1.26. The van der Waals surface area contributed by atoms with E-state index in [1.807, 2.05) is 12.1 Å². The van der Waals surface area contributed by atoms with E-state index in [0.29, 0.717) is 0 Å². The Hall–Kier alpha value is -1.84. The molecule has 2 rings (SSSR count). The molecule has 0 atom stereocenters. The predicted octanol–water partition coefficient (Wildman–Crippen LogP) is 1.44. The lowest BCUT2D eigenvalue weighted by Crippen LogP contribution is -1.89. The Labute approximate surface area is 81.8 Å². The van der Waals surface area contributed by atoms with Crippen LogP contribution in [0.15, 0.2) is 35.1 Å². The van der Waals surface area contributed by atoms with Crippen molar-refractivity contribution in [2.75, 3.05) is 5.73 Å². The third-order valence-corrected chi connectivity index (χ3v) is 1.98. The Morgan fingerprint density at radius 2 is 2.00 bits per heavy atom. The fourth-order valence-electron chi connectivity index (χ4n) is 1.26. The number of nitrogen functional groups attached to an aromatic ring is 1. The molecule has 0 fully saturated rings. The Balaban J connectivity index is 1.95. The molecule has 0 aliphatic rings. The molecule has 0 saturated carbocycles. The van der Waals surface area contributed by atoms with Crippen LogP contribution < -0.4 is 5.73 Å². The average molecular weight is 189 g/mol. The third-order valence-electron chi connectivity index (χ3n) is 1.98. The standard InChI is InChI=1S/C10H11N3O/c11-10-13-7-9(14-10)2-1-8-3-5-12-6-4-8/h3-7H,1-2H2,(H2,11,13). The summed E-state index contributed by atoms with van der Waals surface area (Å²) in [6, 6.07) is 4.20. The number of anilines is 1. The highest BCUT2D eigenvalue weighted by Gasteiger charge is 2.00. The summed E-state index contributed by atoms with van der Waals surface area (Å²) in [6.07, 6.45) is 6.95. The van der Waals surface area contributed by atoms with E-state index in [2.05, 4.69) is 9.97 Å². The molecule has 0 bridgehead atoms. The summed E-state index contributed by atoms with van der Waals surface area (Å²) in [5.74, 6) is 0.819. The predicted molar refractivity (Wildman–Crippen MR) is 52.6 cm³/mol. The lowest BCUT2D eigenvalue weighted by atomic mass is 10.1. The molecule has 2 heterocycles. The summed E-state index contributed by atoms with van der Waals surface area (Å²) < 4.78 is 5.16. The van der Waals surface area contributed by atoms with E-state index >= 15 is 0 Å². The molecule has 0 amide bonds. The molecule has 0 aliphatic carbocycles. The van der Waals surface area contributed by atoms with Gasteiger partial charge in [0.15, 0.2) is 0 Å². The Morgan fingerprint density at radius 1 is 1.21 bits per heavy atom. The maximum atomic E-state index is 5.36. The number of nitrogens with two attached hydrogens (primary N) is 1. The number of aryl methyl sites for hydroxylation is 2. The third kappa shape index (κ3) is 2.10. The first-order chi connectivity index (χ1) is 6.84. The van der Waals surface area contributed by atoms with Crippen LogP contribution in [0.2, 0.25) is 0 Å². The van der Waals surface area contributed by atoms with Gasteiger partial charge in [0.25, 0.3) is 6.01 Å². The van der Waals surface area contributed by atoms with Gasteiger partial charge in [-0.05, 0) is 24.1 Å². The van der Waals surface area contributed by atoms with Crippen molar-refractivity contribution >= 4 is 6.01 Å². The first kappa shape index (κ1) is 8.74. The van der Waals surface area contributed by atoms with Gasteiger partial charge in [-0.25, -0.2) is 4.98 Å². The van der Waals surface area contributed by atoms with E-state index in [4.69, 9.17) is 10.2 Å². The van der Waals surface area contributed by atoms with Gasteiger partial charge in [0.2, 0.25) is 0 Å². The largest absolute Gasteiger partial charge is 0.429 e. The molecule has 0 aromatic carbocycles. The molecule has 4 nitrogen and oxygen atoms in total. The lowest BCUT2D eigenvalue weighted by molar-refractivity contribution is 0.522. The van der Waals surface area contributed by atoms with Crippen molar-refractivity contribution in [3.05, 3.63) is 42.0 Å². The van der Waals surface area contributed by atoms with Crippen LogP contribution >= 0.6 is 0 Å². The molecular formula is C10H11N3O. The zero-order valence-electron chi connectivity index (χ0n) is 7.68. The maximum absolute atomic E-state index is 5.36. The van der Waals surface area contributed by atoms with Crippen molar-refractivity contribution < 1.29 is 4.42 Å². The van der Waals surface area contributed by atoms with Gasteiger partial charge in [0, 0.05) is 18.8 Å². The zero-order chi connectivity index (χ0) is 9.80. The molecule has 2 aromatic heterocycles. The summed E-state index contributed by atoms with van der Waals surface area (Å²) in [7, 11) is 0. The number of pyridine rings is 1. The van der Waals surface area contributed by atoms with Gasteiger partial charge >= 0.3 is 0 Å². The van der Waals surface area contributed by atoms with Gasteiger partial charge in [0.1, 0.15) is 5.76 Å². The van der Waals surface area contributed by atoms with E-state index in [-0.39, 0.29) is 6.01 Å². The molecule has 0 radical (unpaired) electrons. The number of hydrogen-bond donors (Lipinski definition) is 1. The van der Waals surface area contributed by atoms with Crippen molar-refractivity contribution in [1.29, 1.82) is 0 Å². The summed E-state index contributed by atoms with van der Waals surface area (Å²) in [5, 5.41) is 0. The Morgan fingerprint density at radius 3 is 2.64 bits per heavy atom. The van der Waals surface area contributed by atoms with E-state index in [9.17, 15) is 0 Å². The smallest absolute Gasteiger partial charge is 0.292 e. The van der Waals surface area contributed by atoms with E-state index < -0.39 is 0 Å². The zero-order valence-corrected chi connectivity index (χ0v) is 7.68. The minimum atomic E-state index is 0.231. The van der Waals surface area contributed by atoms with Gasteiger partial charge in [0.05, 0.1) is 6.20 Å². The molecular weight excluding hydrogens is 178 g/mol. The Kier molecular flexibility index (Phi) is 2.44. The van der Waals surface area contributed by atoms with Gasteiger partial charge in [-0.1, -0.05) is 0 Å². The van der Waals surface area contributed by atoms with Crippen molar-refractivity contribution in [2.45, 2.75) is 12.8 Å². The van der Waals surface area contributed by atoms with E-state index in [1.54, 1.807) is 18.6 Å². The highest BCUT2D eigenvalue weighted by molar-refractivity contribution is 5.14. The minimum absolute atomic E-state index is 0.231. The first-order valence-electron chi connectivity index (χ1n) is 4.43. The van der Waals surface area contributed by atoms with Crippen molar-refractivity contribution in [1.82, 2.24) is 9.97 Å². The highest BCUT2D eigenvalue weighted by Crippen LogP contribution is 2.08. The molecule has 0 aliphatic heterocycles. The normalized spacial score (nSPS) is 10.3. The molecule has 2 aromatic rings. The van der Waals surface area contributed by atoms with E-state index in [0.717, 1.165) is 18.6 Å². The topological polar surface area (TPSA) is 64.9 Å². The van der Waals surface area contributed by atoms with Gasteiger partial charge < -0.3 is 10.2 Å². The average Bonchev–Trinajstić information content (AvgIpc) is 2.63. The van der Waals surface area contributed by atoms with Crippen LogP contribution in [-0.4, -0.2) is 9.97 Å². The van der Waals surface area contributed by atoms with Crippen molar-refractivity contribution in [2.24, 2.45) is 0 Å². The van der Waals surface area contributed by atoms with Crippen LogP contribution in [0.1, 0.15) is 11.3 Å². The lowest BCUT2D eigenvalue weighted by Gasteiger charge is -1.96. The van der Waals surface area contributed by atoms with Crippen LogP contribution in [0.25, 0.3) is 0 Å². The number of hydrogen-bond acceptors (Lipinski definition) is 4. The number of nitrogens with zero attached hydrogens (tertiary/aromatic N) is 2. The number of rotatable bonds is 3.